The Hall–Kier alpha value is -2.98. The van der Waals surface area contributed by atoms with Crippen molar-refractivity contribution in [1.29, 1.82) is 5.26 Å². The molecule has 1 saturated carbocycles. The average Bonchev–Trinajstić information content (AvgIpc) is 3.18. The van der Waals surface area contributed by atoms with Crippen LogP contribution in [0.4, 0.5) is 13.2 Å². The van der Waals surface area contributed by atoms with E-state index in [2.05, 4.69) is 6.07 Å². The van der Waals surface area contributed by atoms with E-state index in [0.717, 1.165) is 0 Å². The van der Waals surface area contributed by atoms with Gasteiger partial charge in [-0.3, -0.25) is 4.79 Å². The van der Waals surface area contributed by atoms with E-state index in [1.165, 1.54) is 13.8 Å². The lowest BCUT2D eigenvalue weighted by atomic mass is 9.89. The molecule has 0 aromatic heterocycles. The lowest BCUT2D eigenvalue weighted by Gasteiger charge is -2.15. The molecule has 162 valence electrons. The zero-order valence-electron chi connectivity index (χ0n) is 16.7. The van der Waals surface area contributed by atoms with E-state index in [-0.39, 0.29) is 0 Å². The summed E-state index contributed by atoms with van der Waals surface area (Å²) < 4.78 is 44.9. The van der Waals surface area contributed by atoms with Gasteiger partial charge in [0.05, 0.1) is 17.4 Å². The monoisotopic (exact) mass is 449 g/mol. The maximum Gasteiger partial charge on any atom is 0.426 e. The van der Waals surface area contributed by atoms with Crippen LogP contribution in [0.25, 0.3) is 0 Å². The van der Waals surface area contributed by atoms with Gasteiger partial charge in [-0.2, -0.15) is 18.4 Å². The predicted octanol–water partition coefficient (Wildman–Crippen LogP) is 6.50. The molecule has 2 unspecified atom stereocenters. The van der Waals surface area contributed by atoms with Gasteiger partial charge in [0.25, 0.3) is 0 Å². The molecule has 1 fully saturated rings. The highest BCUT2D eigenvalue weighted by Crippen LogP contribution is 2.74. The number of ether oxygens (including phenoxy) is 1. The molecule has 4 nitrogen and oxygen atoms in total. The van der Waals surface area contributed by atoms with Crippen LogP contribution in [-0.4, -0.2) is 17.3 Å². The minimum Gasteiger partial charge on any atom is -0.481 e. The highest BCUT2D eigenvalue weighted by atomic mass is 35.5. The number of hydrogen-bond acceptors (Lipinski definition) is 3. The van der Waals surface area contributed by atoms with Crippen LogP contribution < -0.4 is 4.74 Å². The molecule has 8 heteroatoms. The van der Waals surface area contributed by atoms with Crippen LogP contribution in [0.1, 0.15) is 25.3 Å². The van der Waals surface area contributed by atoms with Crippen molar-refractivity contribution in [2.75, 3.05) is 0 Å². The normalized spacial score (nSPS) is 23.5. The van der Waals surface area contributed by atoms with E-state index >= 15 is 0 Å². The fraction of sp³-hybridized carbons (Fsp3) is 0.304. The molecule has 3 rings (SSSR count). The molecule has 0 aliphatic heterocycles. The van der Waals surface area contributed by atoms with Crippen molar-refractivity contribution in [3.8, 4) is 17.6 Å². The number of hydrogen-bond donors (Lipinski definition) is 1. The number of nitrogens with zero attached hydrogens (tertiary/aromatic N) is 1. The number of halogens is 4. The zero-order valence-corrected chi connectivity index (χ0v) is 17.4. The Balaban J connectivity index is 2.00. The quantitative estimate of drug-likeness (QED) is 0.546. The largest absolute Gasteiger partial charge is 0.481 e. The van der Waals surface area contributed by atoms with Crippen molar-refractivity contribution >= 4 is 17.6 Å². The minimum atomic E-state index is -4.88. The molecule has 1 aliphatic rings. The van der Waals surface area contributed by atoms with Crippen LogP contribution >= 0.6 is 11.6 Å². The molecule has 0 spiro atoms. The maximum atomic E-state index is 13.0. The Morgan fingerprint density at radius 1 is 1.19 bits per heavy atom. The summed E-state index contributed by atoms with van der Waals surface area (Å²) in [5.41, 5.74) is -2.62. The molecule has 0 radical (unpaired) electrons. The molecule has 1 N–H and O–H groups in total. The number of aliphatic carboxylic acids is 1. The van der Waals surface area contributed by atoms with Crippen LogP contribution in [-0.2, 0) is 4.79 Å². The third kappa shape index (κ3) is 4.00. The summed E-state index contributed by atoms with van der Waals surface area (Å²) in [7, 11) is 0. The van der Waals surface area contributed by atoms with E-state index in [0.29, 0.717) is 23.1 Å². The van der Waals surface area contributed by atoms with Crippen molar-refractivity contribution in [2.24, 2.45) is 16.7 Å². The number of alkyl halides is 3. The third-order valence-electron chi connectivity index (χ3n) is 5.90. The summed E-state index contributed by atoms with van der Waals surface area (Å²) in [5.74, 6) is -2.38. The highest BCUT2D eigenvalue weighted by Gasteiger charge is 2.77. The lowest BCUT2D eigenvalue weighted by Crippen LogP contribution is -2.22. The molecular formula is C23H19ClF3NO3. The van der Waals surface area contributed by atoms with Gasteiger partial charge < -0.3 is 9.84 Å². The smallest absolute Gasteiger partial charge is 0.426 e. The summed E-state index contributed by atoms with van der Waals surface area (Å²) in [6.45, 7) is 3.05. The van der Waals surface area contributed by atoms with Crippen LogP contribution in [0.5, 0.6) is 11.5 Å². The third-order valence-corrected chi connectivity index (χ3v) is 6.22. The first kappa shape index (κ1) is 22.7. The Morgan fingerprint density at radius 2 is 1.81 bits per heavy atom. The van der Waals surface area contributed by atoms with E-state index in [9.17, 15) is 28.3 Å². The number of carboxylic acids is 1. The Bertz CT molecular complexity index is 1060. The first-order chi connectivity index (χ1) is 14.4. The molecule has 0 saturated heterocycles. The van der Waals surface area contributed by atoms with Gasteiger partial charge in [0, 0.05) is 5.92 Å². The molecule has 1 aliphatic carbocycles. The van der Waals surface area contributed by atoms with Gasteiger partial charge >= 0.3 is 12.1 Å². The van der Waals surface area contributed by atoms with Gasteiger partial charge in [0.2, 0.25) is 0 Å². The summed E-state index contributed by atoms with van der Waals surface area (Å²) in [5, 5.41) is 18.2. The molecule has 0 heterocycles. The van der Waals surface area contributed by atoms with Crippen molar-refractivity contribution in [2.45, 2.75) is 25.9 Å². The Kier molecular flexibility index (Phi) is 5.81. The number of rotatable bonds is 6. The molecule has 2 aromatic carbocycles. The number of nitriles is 1. The van der Waals surface area contributed by atoms with Crippen molar-refractivity contribution in [3.63, 3.8) is 0 Å². The first-order valence-electron chi connectivity index (χ1n) is 9.36. The molecule has 3 atom stereocenters. The van der Waals surface area contributed by atoms with E-state index in [1.807, 2.05) is 6.07 Å². The fourth-order valence-electron chi connectivity index (χ4n) is 4.28. The van der Waals surface area contributed by atoms with Crippen molar-refractivity contribution in [1.82, 2.24) is 0 Å². The lowest BCUT2D eigenvalue weighted by molar-refractivity contribution is -0.143. The zero-order chi connectivity index (χ0) is 23.0. The van der Waals surface area contributed by atoms with E-state index < -0.39 is 39.8 Å². The number of allylic oxidation sites excluding steroid dienone is 1. The highest BCUT2D eigenvalue weighted by molar-refractivity contribution is 6.30. The van der Waals surface area contributed by atoms with Crippen LogP contribution in [0.15, 0.2) is 65.7 Å². The molecule has 2 aromatic rings. The maximum absolute atomic E-state index is 13.0. The summed E-state index contributed by atoms with van der Waals surface area (Å²) in [6, 6.07) is 17.5. The minimum absolute atomic E-state index is 0.423. The number of carboxylic acid groups (broad SMARTS) is 1. The van der Waals surface area contributed by atoms with E-state index in [1.54, 1.807) is 48.5 Å². The standard InChI is InChI=1S/C23H19ClF3NO3/c1-21(2)19(22(21,20(29)30)12-18(24)23(25,26)27)17(13-28)14-7-6-10-16(11-14)31-15-8-4-3-5-9-15/h3-12,17,19H,1-2H3,(H,29,30)/b18-12-/t17-,19?,22?/m1/s1. The molecular weight excluding hydrogens is 431 g/mol. The second-order valence-corrected chi connectivity index (χ2v) is 8.37. The SMILES string of the molecule is CC1(C)C([C@H](C#N)c2cccc(Oc3ccccc3)c2)C1(/C=C(\Cl)C(F)(F)F)C(=O)O. The number of para-hydroxylation sites is 1. The summed E-state index contributed by atoms with van der Waals surface area (Å²) in [4.78, 5) is 12.1. The summed E-state index contributed by atoms with van der Waals surface area (Å²) >= 11 is 5.40. The van der Waals surface area contributed by atoms with Gasteiger partial charge in [-0.15, -0.1) is 0 Å². The average molecular weight is 450 g/mol. The van der Waals surface area contributed by atoms with Gasteiger partial charge in [-0.25, -0.2) is 0 Å². The Morgan fingerprint density at radius 3 is 2.35 bits per heavy atom. The van der Waals surface area contributed by atoms with Crippen molar-refractivity contribution in [3.05, 3.63) is 71.3 Å². The fourth-order valence-corrected chi connectivity index (χ4v) is 4.45. The van der Waals surface area contributed by atoms with Crippen molar-refractivity contribution < 1.29 is 27.8 Å². The number of benzene rings is 2. The van der Waals surface area contributed by atoms with Crippen LogP contribution in [0.2, 0.25) is 0 Å². The van der Waals surface area contributed by atoms with E-state index in [4.69, 9.17) is 16.3 Å². The molecule has 31 heavy (non-hydrogen) atoms. The molecule has 0 amide bonds. The van der Waals surface area contributed by atoms with Gasteiger partial charge in [0.1, 0.15) is 16.5 Å². The van der Waals surface area contributed by atoms with Crippen LogP contribution in [0.3, 0.4) is 0 Å². The topological polar surface area (TPSA) is 70.3 Å². The second kappa shape index (κ2) is 7.93. The second-order valence-electron chi connectivity index (χ2n) is 7.96. The Labute approximate surface area is 182 Å². The molecule has 0 bridgehead atoms. The van der Waals surface area contributed by atoms with Gasteiger partial charge in [-0.05, 0) is 41.3 Å². The first-order valence-corrected chi connectivity index (χ1v) is 9.74. The predicted molar refractivity (Wildman–Crippen MR) is 109 cm³/mol. The van der Waals surface area contributed by atoms with Crippen LogP contribution in [0, 0.1) is 28.1 Å². The summed E-state index contributed by atoms with van der Waals surface area (Å²) in [6.07, 6.45) is -4.34. The van der Waals surface area contributed by atoms with Gasteiger partial charge in [0.15, 0.2) is 0 Å². The van der Waals surface area contributed by atoms with Gasteiger partial charge in [-0.1, -0.05) is 55.8 Å². The number of carbonyl (C=O) groups is 1.